The van der Waals surface area contributed by atoms with E-state index in [0.29, 0.717) is 4.60 Å². The molecule has 1 aromatic rings. The van der Waals surface area contributed by atoms with Gasteiger partial charge in [-0.2, -0.15) is 0 Å². The highest BCUT2D eigenvalue weighted by Gasteiger charge is 2.23. The van der Waals surface area contributed by atoms with Crippen LogP contribution in [0.3, 0.4) is 0 Å². The van der Waals surface area contributed by atoms with Gasteiger partial charge in [-0.1, -0.05) is 6.07 Å². The number of aliphatic carboxylic acids is 2. The average molecular weight is 317 g/mol. The van der Waals surface area contributed by atoms with E-state index in [1.54, 1.807) is 12.1 Å². The lowest BCUT2D eigenvalue weighted by Gasteiger charge is -2.11. The first-order valence-corrected chi connectivity index (χ1v) is 5.57. The summed E-state index contributed by atoms with van der Waals surface area (Å²) in [5.41, 5.74) is 0.000939. The highest BCUT2D eigenvalue weighted by Crippen LogP contribution is 2.06. The molecule has 1 rings (SSSR count). The number of carbonyl (C=O) groups excluding carboxylic acids is 1. The molecular formula is C10H9BrN2O5. The Bertz CT molecular complexity index is 491. The molecule has 1 amide bonds. The summed E-state index contributed by atoms with van der Waals surface area (Å²) in [6.45, 7) is 0. The van der Waals surface area contributed by atoms with Crippen molar-refractivity contribution in [3.8, 4) is 0 Å². The molecule has 3 N–H and O–H groups in total. The lowest BCUT2D eigenvalue weighted by atomic mass is 10.2. The van der Waals surface area contributed by atoms with Crippen LogP contribution < -0.4 is 5.32 Å². The van der Waals surface area contributed by atoms with Crippen molar-refractivity contribution < 1.29 is 24.6 Å². The first-order valence-electron chi connectivity index (χ1n) is 4.78. The largest absolute Gasteiger partial charge is 0.481 e. The molecule has 0 radical (unpaired) electrons. The summed E-state index contributed by atoms with van der Waals surface area (Å²) >= 11 is 3.06. The number of pyridine rings is 1. The Morgan fingerprint density at radius 1 is 1.33 bits per heavy atom. The summed E-state index contributed by atoms with van der Waals surface area (Å²) < 4.78 is 0.417. The molecule has 0 fully saturated rings. The fourth-order valence-electron chi connectivity index (χ4n) is 1.14. The van der Waals surface area contributed by atoms with Gasteiger partial charge in [-0.15, -0.1) is 0 Å². The number of halogens is 1. The molecule has 0 aliphatic rings. The third-order valence-corrected chi connectivity index (χ3v) is 2.37. The van der Waals surface area contributed by atoms with Crippen molar-refractivity contribution in [3.63, 3.8) is 0 Å². The van der Waals surface area contributed by atoms with Gasteiger partial charge in [-0.3, -0.25) is 9.59 Å². The minimum atomic E-state index is -1.49. The van der Waals surface area contributed by atoms with Crippen molar-refractivity contribution in [1.29, 1.82) is 0 Å². The molecule has 7 nitrogen and oxygen atoms in total. The number of carboxylic acids is 2. The Balaban J connectivity index is 2.78. The van der Waals surface area contributed by atoms with Crippen LogP contribution in [0.1, 0.15) is 16.9 Å². The number of nitrogens with one attached hydrogen (secondary N) is 1. The number of aromatic nitrogens is 1. The van der Waals surface area contributed by atoms with Crippen molar-refractivity contribution in [3.05, 3.63) is 28.5 Å². The molecule has 0 saturated carbocycles. The topological polar surface area (TPSA) is 117 Å². The Kier molecular flexibility index (Phi) is 4.78. The Labute approximate surface area is 110 Å². The number of hydrogen-bond donors (Lipinski definition) is 3. The van der Waals surface area contributed by atoms with Gasteiger partial charge in [0.25, 0.3) is 5.91 Å². The van der Waals surface area contributed by atoms with Crippen LogP contribution in [0.5, 0.6) is 0 Å². The maximum Gasteiger partial charge on any atom is 0.326 e. The minimum Gasteiger partial charge on any atom is -0.481 e. The molecule has 1 heterocycles. The van der Waals surface area contributed by atoms with Gasteiger partial charge in [0.15, 0.2) is 0 Å². The zero-order valence-electron chi connectivity index (χ0n) is 8.96. The monoisotopic (exact) mass is 316 g/mol. The number of nitrogens with zero attached hydrogens (tertiary/aromatic N) is 1. The number of carboxylic acid groups (broad SMARTS) is 2. The van der Waals surface area contributed by atoms with E-state index in [1.807, 2.05) is 0 Å². The SMILES string of the molecule is O=C(O)C[C@@H](NC(=O)c1cccc(Br)n1)C(=O)O. The van der Waals surface area contributed by atoms with E-state index in [0.717, 1.165) is 0 Å². The van der Waals surface area contributed by atoms with Gasteiger partial charge in [0.1, 0.15) is 16.3 Å². The molecule has 0 aliphatic heterocycles. The van der Waals surface area contributed by atoms with Gasteiger partial charge in [-0.05, 0) is 28.1 Å². The second-order valence-corrected chi connectivity index (χ2v) is 4.12. The zero-order valence-corrected chi connectivity index (χ0v) is 10.5. The average Bonchev–Trinajstić information content (AvgIpc) is 2.27. The highest BCUT2D eigenvalue weighted by atomic mass is 79.9. The van der Waals surface area contributed by atoms with E-state index in [1.165, 1.54) is 6.07 Å². The molecule has 0 aliphatic carbocycles. The summed E-state index contributed by atoms with van der Waals surface area (Å²) in [4.78, 5) is 36.7. The predicted molar refractivity (Wildman–Crippen MR) is 63.1 cm³/mol. The lowest BCUT2D eigenvalue weighted by Crippen LogP contribution is -2.42. The second kappa shape index (κ2) is 6.10. The van der Waals surface area contributed by atoms with Gasteiger partial charge in [0.2, 0.25) is 0 Å². The van der Waals surface area contributed by atoms with E-state index in [9.17, 15) is 14.4 Å². The van der Waals surface area contributed by atoms with Crippen molar-refractivity contribution in [1.82, 2.24) is 10.3 Å². The molecule has 0 aromatic carbocycles. The molecule has 8 heteroatoms. The molecule has 1 aromatic heterocycles. The number of hydrogen-bond acceptors (Lipinski definition) is 4. The van der Waals surface area contributed by atoms with E-state index >= 15 is 0 Å². The van der Waals surface area contributed by atoms with E-state index in [-0.39, 0.29) is 5.69 Å². The third-order valence-electron chi connectivity index (χ3n) is 1.93. The van der Waals surface area contributed by atoms with Crippen LogP contribution in [0.2, 0.25) is 0 Å². The van der Waals surface area contributed by atoms with E-state index in [4.69, 9.17) is 10.2 Å². The minimum absolute atomic E-state index is 0.000939. The fraction of sp³-hybridized carbons (Fsp3) is 0.200. The predicted octanol–water partition coefficient (Wildman–Crippen LogP) is 0.502. The van der Waals surface area contributed by atoms with Gasteiger partial charge in [0, 0.05) is 0 Å². The smallest absolute Gasteiger partial charge is 0.326 e. The quantitative estimate of drug-likeness (QED) is 0.681. The van der Waals surface area contributed by atoms with E-state index < -0.39 is 30.3 Å². The summed E-state index contributed by atoms with van der Waals surface area (Å²) in [5, 5.41) is 19.4. The second-order valence-electron chi connectivity index (χ2n) is 3.31. The van der Waals surface area contributed by atoms with Crippen molar-refractivity contribution in [2.24, 2.45) is 0 Å². The standard InChI is InChI=1S/C10H9BrN2O5/c11-7-3-1-2-5(12-7)9(16)13-6(10(17)18)4-8(14)15/h1-3,6H,4H2,(H,13,16)(H,14,15)(H,17,18)/t6-/m1/s1. The van der Waals surface area contributed by atoms with Crippen molar-refractivity contribution in [2.75, 3.05) is 0 Å². The zero-order chi connectivity index (χ0) is 13.7. The van der Waals surface area contributed by atoms with Crippen LogP contribution in [0, 0.1) is 0 Å². The number of rotatable bonds is 5. The lowest BCUT2D eigenvalue weighted by molar-refractivity contribution is -0.145. The first kappa shape index (κ1) is 14.1. The Hall–Kier alpha value is -1.96. The molecule has 0 saturated heterocycles. The summed E-state index contributed by atoms with van der Waals surface area (Å²) in [7, 11) is 0. The van der Waals surface area contributed by atoms with E-state index in [2.05, 4.69) is 26.2 Å². The molecule has 18 heavy (non-hydrogen) atoms. The molecular weight excluding hydrogens is 308 g/mol. The Morgan fingerprint density at radius 2 is 2.00 bits per heavy atom. The molecule has 0 bridgehead atoms. The molecule has 1 atom stereocenters. The van der Waals surface area contributed by atoms with Crippen LogP contribution in [-0.4, -0.2) is 39.1 Å². The maximum absolute atomic E-state index is 11.6. The molecule has 0 spiro atoms. The summed E-state index contributed by atoms with van der Waals surface area (Å²) in [5.74, 6) is -3.48. The molecule has 0 unspecified atom stereocenters. The first-order chi connectivity index (χ1) is 8.40. The normalized spacial score (nSPS) is 11.6. The van der Waals surface area contributed by atoms with Gasteiger partial charge in [0.05, 0.1) is 6.42 Å². The van der Waals surface area contributed by atoms with Crippen LogP contribution >= 0.6 is 15.9 Å². The van der Waals surface area contributed by atoms with Crippen molar-refractivity contribution in [2.45, 2.75) is 12.5 Å². The number of amides is 1. The van der Waals surface area contributed by atoms with Crippen LogP contribution in [0.25, 0.3) is 0 Å². The number of carbonyl (C=O) groups is 3. The fourth-order valence-corrected chi connectivity index (χ4v) is 1.49. The maximum atomic E-state index is 11.6. The van der Waals surface area contributed by atoms with Crippen molar-refractivity contribution >= 4 is 33.8 Å². The van der Waals surface area contributed by atoms with Crippen LogP contribution in [0.15, 0.2) is 22.8 Å². The van der Waals surface area contributed by atoms with Crippen LogP contribution in [-0.2, 0) is 9.59 Å². The van der Waals surface area contributed by atoms with Gasteiger partial charge < -0.3 is 15.5 Å². The summed E-state index contributed by atoms with van der Waals surface area (Å²) in [6, 6.07) is 3.05. The Morgan fingerprint density at radius 3 is 2.50 bits per heavy atom. The van der Waals surface area contributed by atoms with Crippen LogP contribution in [0.4, 0.5) is 0 Å². The van der Waals surface area contributed by atoms with Gasteiger partial charge in [-0.25, -0.2) is 9.78 Å². The van der Waals surface area contributed by atoms with Gasteiger partial charge >= 0.3 is 11.9 Å². The summed E-state index contributed by atoms with van der Waals surface area (Å²) in [6.07, 6.45) is -0.699. The third kappa shape index (κ3) is 4.13. The molecule has 96 valence electrons. The highest BCUT2D eigenvalue weighted by molar-refractivity contribution is 9.10.